The zero-order valence-electron chi connectivity index (χ0n) is 12.7. The SMILES string of the molecule is Cc1c(F)cccc1C(=O)C1(c2ccc(C(=O)Cl)cn2)C=CC=N1. The van der Waals surface area contributed by atoms with Crippen LogP contribution in [0.2, 0.25) is 0 Å². The van der Waals surface area contributed by atoms with E-state index in [-0.39, 0.29) is 22.5 Å². The molecule has 2 aromatic rings. The van der Waals surface area contributed by atoms with Crippen LogP contribution < -0.4 is 0 Å². The molecule has 0 aliphatic carbocycles. The molecule has 120 valence electrons. The van der Waals surface area contributed by atoms with Crippen molar-refractivity contribution in [3.05, 3.63) is 76.9 Å². The highest BCUT2D eigenvalue weighted by molar-refractivity contribution is 6.67. The number of nitrogens with zero attached hydrogens (tertiary/aromatic N) is 2. The summed E-state index contributed by atoms with van der Waals surface area (Å²) in [5.41, 5.74) is -0.325. The number of Topliss-reactive ketones (excluding diaryl/α,β-unsaturated/α-hetero) is 1. The van der Waals surface area contributed by atoms with E-state index in [1.54, 1.807) is 25.1 Å². The smallest absolute Gasteiger partial charge is 0.253 e. The number of pyridine rings is 1. The highest BCUT2D eigenvalue weighted by atomic mass is 35.5. The van der Waals surface area contributed by atoms with E-state index in [4.69, 9.17) is 11.6 Å². The van der Waals surface area contributed by atoms with Crippen LogP contribution in [-0.2, 0) is 5.54 Å². The van der Waals surface area contributed by atoms with Crippen LogP contribution in [0.5, 0.6) is 0 Å². The van der Waals surface area contributed by atoms with Crippen molar-refractivity contribution in [3.8, 4) is 0 Å². The fraction of sp³-hybridized carbons (Fsp3) is 0.111. The summed E-state index contributed by atoms with van der Waals surface area (Å²) in [6, 6.07) is 7.34. The van der Waals surface area contributed by atoms with E-state index in [0.29, 0.717) is 5.69 Å². The number of halogens is 2. The average molecular weight is 343 g/mol. The summed E-state index contributed by atoms with van der Waals surface area (Å²) in [4.78, 5) is 32.7. The first kappa shape index (κ1) is 16.2. The second-order valence-electron chi connectivity index (χ2n) is 5.35. The summed E-state index contributed by atoms with van der Waals surface area (Å²) < 4.78 is 13.8. The number of ketones is 1. The van der Waals surface area contributed by atoms with Crippen molar-refractivity contribution in [2.24, 2.45) is 4.99 Å². The lowest BCUT2D eigenvalue weighted by molar-refractivity contribution is 0.0919. The first-order chi connectivity index (χ1) is 11.5. The molecule has 3 rings (SSSR count). The van der Waals surface area contributed by atoms with E-state index >= 15 is 0 Å². The highest BCUT2D eigenvalue weighted by Gasteiger charge is 2.41. The van der Waals surface area contributed by atoms with Gasteiger partial charge in [-0.05, 0) is 54.4 Å². The molecule has 4 nitrogen and oxygen atoms in total. The summed E-state index contributed by atoms with van der Waals surface area (Å²) in [6.07, 6.45) is 6.02. The minimum atomic E-state index is -1.37. The number of hydrogen-bond acceptors (Lipinski definition) is 4. The second-order valence-corrected chi connectivity index (χ2v) is 5.69. The lowest BCUT2D eigenvalue weighted by Crippen LogP contribution is -2.32. The molecule has 1 aromatic heterocycles. The third kappa shape index (κ3) is 2.57. The predicted octanol–water partition coefficient (Wildman–Crippen LogP) is 3.63. The molecular weight excluding hydrogens is 331 g/mol. The summed E-state index contributed by atoms with van der Waals surface area (Å²) in [7, 11) is 0. The van der Waals surface area contributed by atoms with Gasteiger partial charge in [-0.1, -0.05) is 12.1 Å². The van der Waals surface area contributed by atoms with Crippen molar-refractivity contribution < 1.29 is 14.0 Å². The van der Waals surface area contributed by atoms with Crippen LogP contribution in [0.25, 0.3) is 0 Å². The Bertz CT molecular complexity index is 876. The molecule has 0 spiro atoms. The molecule has 0 saturated heterocycles. The normalized spacial score (nSPS) is 18.8. The first-order valence-electron chi connectivity index (χ1n) is 7.15. The number of aromatic nitrogens is 1. The van der Waals surface area contributed by atoms with Crippen LogP contribution in [-0.4, -0.2) is 22.2 Å². The molecule has 0 bridgehead atoms. The lowest BCUT2D eigenvalue weighted by Gasteiger charge is -2.23. The predicted molar refractivity (Wildman–Crippen MR) is 89.2 cm³/mol. The Kier molecular flexibility index (Phi) is 4.11. The van der Waals surface area contributed by atoms with Crippen molar-refractivity contribution in [1.82, 2.24) is 4.98 Å². The maximum absolute atomic E-state index is 13.8. The fourth-order valence-electron chi connectivity index (χ4n) is 2.58. The monoisotopic (exact) mass is 342 g/mol. The van der Waals surface area contributed by atoms with E-state index in [2.05, 4.69) is 9.98 Å². The summed E-state index contributed by atoms with van der Waals surface area (Å²) in [6.45, 7) is 1.54. The van der Waals surface area contributed by atoms with Crippen molar-refractivity contribution in [3.63, 3.8) is 0 Å². The number of hydrogen-bond donors (Lipinski definition) is 0. The molecule has 1 aliphatic heterocycles. The standard InChI is InChI=1S/C18H12ClFN2O2/c1-11-13(4-2-5-14(11)20)16(23)18(8-3-9-22-18)15-7-6-12(10-21-15)17(19)24/h2-10H,1H3. The second kappa shape index (κ2) is 6.09. The number of allylic oxidation sites excluding steroid dienone is 1. The largest absolute Gasteiger partial charge is 0.291 e. The number of rotatable bonds is 4. The van der Waals surface area contributed by atoms with Gasteiger partial charge in [0.25, 0.3) is 5.24 Å². The van der Waals surface area contributed by atoms with Crippen molar-refractivity contribution >= 4 is 28.8 Å². The number of carbonyl (C=O) groups is 2. The quantitative estimate of drug-likeness (QED) is 0.629. The van der Waals surface area contributed by atoms with Crippen LogP contribution in [0.15, 0.2) is 53.7 Å². The fourth-order valence-corrected chi connectivity index (χ4v) is 2.69. The molecule has 0 amide bonds. The Balaban J connectivity index is 2.11. The van der Waals surface area contributed by atoms with Crippen LogP contribution in [0.1, 0.15) is 32.0 Å². The Labute approximate surface area is 142 Å². The third-order valence-corrected chi connectivity index (χ3v) is 4.16. The molecule has 1 atom stereocenters. The van der Waals surface area contributed by atoms with Gasteiger partial charge in [0.05, 0.1) is 11.3 Å². The molecular formula is C18H12ClFN2O2. The Morgan fingerprint density at radius 3 is 2.58 bits per heavy atom. The van der Waals surface area contributed by atoms with E-state index < -0.39 is 16.6 Å². The minimum Gasteiger partial charge on any atom is -0.291 e. The summed E-state index contributed by atoms with van der Waals surface area (Å²) in [5, 5.41) is -0.638. The van der Waals surface area contributed by atoms with Gasteiger partial charge in [-0.2, -0.15) is 0 Å². The summed E-state index contributed by atoms with van der Waals surface area (Å²) >= 11 is 5.42. The molecule has 24 heavy (non-hydrogen) atoms. The van der Waals surface area contributed by atoms with Gasteiger partial charge in [-0.25, -0.2) is 4.39 Å². The minimum absolute atomic E-state index is 0.218. The third-order valence-electron chi connectivity index (χ3n) is 3.94. The molecule has 0 saturated carbocycles. The van der Waals surface area contributed by atoms with Gasteiger partial charge in [0.1, 0.15) is 5.82 Å². The first-order valence-corrected chi connectivity index (χ1v) is 7.53. The average Bonchev–Trinajstić information content (AvgIpc) is 3.08. The van der Waals surface area contributed by atoms with E-state index in [1.807, 2.05) is 0 Å². The van der Waals surface area contributed by atoms with Crippen molar-refractivity contribution in [2.75, 3.05) is 0 Å². The number of aliphatic imine (C=N–C) groups is 1. The molecule has 2 heterocycles. The van der Waals surface area contributed by atoms with Gasteiger partial charge >= 0.3 is 0 Å². The van der Waals surface area contributed by atoms with Gasteiger partial charge in [-0.15, -0.1) is 0 Å². The van der Waals surface area contributed by atoms with Crippen molar-refractivity contribution in [2.45, 2.75) is 12.5 Å². The van der Waals surface area contributed by atoms with Gasteiger partial charge in [0.2, 0.25) is 5.78 Å². The topological polar surface area (TPSA) is 59.4 Å². The van der Waals surface area contributed by atoms with E-state index in [1.165, 1.54) is 36.7 Å². The van der Waals surface area contributed by atoms with Crippen LogP contribution >= 0.6 is 11.6 Å². The van der Waals surface area contributed by atoms with Gasteiger partial charge < -0.3 is 0 Å². The molecule has 6 heteroatoms. The molecule has 1 unspecified atom stereocenters. The Morgan fingerprint density at radius 1 is 1.21 bits per heavy atom. The molecule has 0 radical (unpaired) electrons. The molecule has 1 aromatic carbocycles. The van der Waals surface area contributed by atoms with E-state index in [0.717, 1.165) is 0 Å². The van der Waals surface area contributed by atoms with Gasteiger partial charge in [-0.3, -0.25) is 19.6 Å². The van der Waals surface area contributed by atoms with E-state index in [9.17, 15) is 14.0 Å². The molecule has 1 aliphatic rings. The van der Waals surface area contributed by atoms with Crippen molar-refractivity contribution in [1.29, 1.82) is 0 Å². The lowest BCUT2D eigenvalue weighted by atomic mass is 9.85. The van der Waals surface area contributed by atoms with Gasteiger partial charge in [0.15, 0.2) is 5.54 Å². The number of carbonyl (C=O) groups excluding carboxylic acids is 2. The van der Waals surface area contributed by atoms with Gasteiger partial charge in [0, 0.05) is 18.0 Å². The van der Waals surface area contributed by atoms with Crippen LogP contribution in [0.3, 0.4) is 0 Å². The zero-order chi connectivity index (χ0) is 17.3. The maximum atomic E-state index is 13.8. The van der Waals surface area contributed by atoms with Crippen LogP contribution in [0, 0.1) is 12.7 Å². The molecule has 0 N–H and O–H groups in total. The molecule has 0 fully saturated rings. The summed E-state index contributed by atoms with van der Waals surface area (Å²) in [5.74, 6) is -0.847. The number of benzene rings is 1. The Morgan fingerprint density at radius 2 is 2.00 bits per heavy atom. The zero-order valence-corrected chi connectivity index (χ0v) is 13.4. The van der Waals surface area contributed by atoms with Crippen LogP contribution in [0.4, 0.5) is 4.39 Å². The highest BCUT2D eigenvalue weighted by Crippen LogP contribution is 2.34. The Hall–Kier alpha value is -2.66. The maximum Gasteiger partial charge on any atom is 0.253 e.